The molecule has 0 saturated heterocycles. The molecule has 0 fully saturated rings. The maximum absolute atomic E-state index is 12.3. The van der Waals surface area contributed by atoms with Gasteiger partial charge in [0.05, 0.1) is 0 Å². The second kappa shape index (κ2) is 9.14. The highest BCUT2D eigenvalue weighted by molar-refractivity contribution is 7.98. The van der Waals surface area contributed by atoms with Gasteiger partial charge in [-0.15, -0.1) is 0 Å². The molecular formula is C11H27N3O2S2. The van der Waals surface area contributed by atoms with E-state index in [0.717, 1.165) is 25.1 Å². The molecule has 110 valence electrons. The lowest BCUT2D eigenvalue weighted by atomic mass is 10.3. The molecule has 0 bridgehead atoms. The van der Waals surface area contributed by atoms with E-state index >= 15 is 0 Å². The Balaban J connectivity index is 4.40. The molecule has 0 aliphatic heterocycles. The molecule has 1 unspecified atom stereocenters. The zero-order valence-corrected chi connectivity index (χ0v) is 13.8. The van der Waals surface area contributed by atoms with Crippen molar-refractivity contribution in [2.75, 3.05) is 46.2 Å². The van der Waals surface area contributed by atoms with Gasteiger partial charge in [0.1, 0.15) is 0 Å². The Hall–Kier alpha value is 0.180. The highest BCUT2D eigenvalue weighted by Gasteiger charge is 2.26. The Morgan fingerprint density at radius 2 is 1.94 bits per heavy atom. The number of hydrogen-bond acceptors (Lipinski definition) is 4. The van der Waals surface area contributed by atoms with Crippen LogP contribution in [0.15, 0.2) is 0 Å². The Bertz CT molecular complexity index is 309. The largest absolute Gasteiger partial charge is 0.320 e. The maximum atomic E-state index is 12.3. The number of nitrogens with one attached hydrogen (secondary N) is 1. The summed E-state index contributed by atoms with van der Waals surface area (Å²) in [7, 11) is 1.85. The normalized spacial score (nSPS) is 14.4. The molecule has 0 radical (unpaired) electrons. The first-order chi connectivity index (χ1) is 8.37. The van der Waals surface area contributed by atoms with Crippen molar-refractivity contribution in [1.82, 2.24) is 13.9 Å². The van der Waals surface area contributed by atoms with Gasteiger partial charge in [0.2, 0.25) is 0 Å². The molecule has 0 spiro atoms. The summed E-state index contributed by atoms with van der Waals surface area (Å²) in [6, 6.07) is 0.0363. The first-order valence-corrected chi connectivity index (χ1v) is 8.99. The van der Waals surface area contributed by atoms with Crippen molar-refractivity contribution >= 4 is 22.0 Å². The van der Waals surface area contributed by atoms with Crippen molar-refractivity contribution in [3.63, 3.8) is 0 Å². The predicted octanol–water partition coefficient (Wildman–Crippen LogP) is 0.846. The van der Waals surface area contributed by atoms with E-state index in [2.05, 4.69) is 5.32 Å². The molecule has 0 aliphatic carbocycles. The smallest absolute Gasteiger partial charge is 0.281 e. The number of nitrogens with zero attached hydrogens (tertiary/aromatic N) is 2. The molecule has 0 rings (SSSR count). The van der Waals surface area contributed by atoms with Gasteiger partial charge in [0, 0.05) is 26.7 Å². The number of hydrogen-bond donors (Lipinski definition) is 1. The first-order valence-electron chi connectivity index (χ1n) is 6.20. The Morgan fingerprint density at radius 3 is 2.44 bits per heavy atom. The molecule has 0 aromatic rings. The third-order valence-corrected chi connectivity index (χ3v) is 5.72. The van der Waals surface area contributed by atoms with E-state index in [0.29, 0.717) is 6.54 Å². The summed E-state index contributed by atoms with van der Waals surface area (Å²) in [6.07, 6.45) is 3.73. The second-order valence-corrected chi connectivity index (χ2v) is 7.51. The predicted molar refractivity (Wildman–Crippen MR) is 80.3 cm³/mol. The minimum atomic E-state index is -3.32. The quantitative estimate of drug-likeness (QED) is 0.607. The van der Waals surface area contributed by atoms with Gasteiger partial charge < -0.3 is 5.32 Å². The summed E-state index contributed by atoms with van der Waals surface area (Å²) in [5.74, 6) is 0.977. The molecule has 0 aliphatic rings. The second-order valence-electron chi connectivity index (χ2n) is 4.43. The third kappa shape index (κ3) is 5.88. The van der Waals surface area contributed by atoms with Crippen LogP contribution in [0.2, 0.25) is 0 Å². The molecule has 5 nitrogen and oxygen atoms in total. The van der Waals surface area contributed by atoms with Gasteiger partial charge in [0.25, 0.3) is 10.2 Å². The lowest BCUT2D eigenvalue weighted by Gasteiger charge is -2.28. The maximum Gasteiger partial charge on any atom is 0.281 e. The highest BCUT2D eigenvalue weighted by atomic mass is 32.2. The van der Waals surface area contributed by atoms with Gasteiger partial charge in [-0.25, -0.2) is 0 Å². The summed E-state index contributed by atoms with van der Waals surface area (Å²) in [5.41, 5.74) is 0. The van der Waals surface area contributed by atoms with Crippen LogP contribution in [0.25, 0.3) is 0 Å². The zero-order valence-electron chi connectivity index (χ0n) is 12.1. The van der Waals surface area contributed by atoms with Gasteiger partial charge in [-0.1, -0.05) is 0 Å². The molecular weight excluding hydrogens is 270 g/mol. The van der Waals surface area contributed by atoms with Gasteiger partial charge in [-0.3, -0.25) is 0 Å². The third-order valence-electron chi connectivity index (χ3n) is 3.02. The summed E-state index contributed by atoms with van der Waals surface area (Å²) in [4.78, 5) is 0. The zero-order chi connectivity index (χ0) is 14.2. The minimum absolute atomic E-state index is 0.0363. The van der Waals surface area contributed by atoms with E-state index in [1.165, 1.54) is 8.61 Å². The van der Waals surface area contributed by atoms with Crippen LogP contribution in [-0.4, -0.2) is 69.3 Å². The molecule has 0 amide bonds. The van der Waals surface area contributed by atoms with Gasteiger partial charge >= 0.3 is 0 Å². The lowest BCUT2D eigenvalue weighted by molar-refractivity contribution is 0.338. The summed E-state index contributed by atoms with van der Waals surface area (Å²) >= 11 is 1.74. The minimum Gasteiger partial charge on any atom is -0.320 e. The standard InChI is InChI=1S/C11H27N3O2S2/c1-11(7-10-17-5)14(4)18(15,16)13(3)9-6-8-12-2/h11-12H,6-10H2,1-5H3. The van der Waals surface area contributed by atoms with Crippen molar-refractivity contribution in [3.8, 4) is 0 Å². The average Bonchev–Trinajstić information content (AvgIpc) is 2.34. The van der Waals surface area contributed by atoms with Crippen molar-refractivity contribution in [3.05, 3.63) is 0 Å². The number of thioether (sulfide) groups is 1. The van der Waals surface area contributed by atoms with Crippen LogP contribution in [-0.2, 0) is 10.2 Å². The van der Waals surface area contributed by atoms with Gasteiger partial charge in [-0.2, -0.15) is 28.8 Å². The van der Waals surface area contributed by atoms with Crippen molar-refractivity contribution in [2.24, 2.45) is 0 Å². The number of rotatable bonds is 10. The molecule has 0 aromatic heterocycles. The van der Waals surface area contributed by atoms with Crippen LogP contribution >= 0.6 is 11.8 Å². The fourth-order valence-corrected chi connectivity index (χ4v) is 3.45. The topological polar surface area (TPSA) is 52.7 Å². The van der Waals surface area contributed by atoms with E-state index in [1.54, 1.807) is 25.9 Å². The summed E-state index contributed by atoms with van der Waals surface area (Å²) in [6.45, 7) is 3.32. The fourth-order valence-electron chi connectivity index (χ4n) is 1.51. The summed E-state index contributed by atoms with van der Waals surface area (Å²) in [5, 5.41) is 3.02. The van der Waals surface area contributed by atoms with Crippen LogP contribution in [0.4, 0.5) is 0 Å². The van der Waals surface area contributed by atoms with Gasteiger partial charge in [0.15, 0.2) is 0 Å². The van der Waals surface area contributed by atoms with Crippen LogP contribution in [0.1, 0.15) is 19.8 Å². The Labute approximate surface area is 116 Å². The van der Waals surface area contributed by atoms with E-state index in [4.69, 9.17) is 0 Å². The molecule has 1 N–H and O–H groups in total. The van der Waals surface area contributed by atoms with Crippen LogP contribution < -0.4 is 5.32 Å². The molecule has 0 heterocycles. The molecule has 0 aromatic carbocycles. The van der Waals surface area contributed by atoms with E-state index in [-0.39, 0.29) is 6.04 Å². The fraction of sp³-hybridized carbons (Fsp3) is 1.00. The van der Waals surface area contributed by atoms with E-state index in [1.807, 2.05) is 20.2 Å². The Kier molecular flexibility index (Phi) is 9.23. The van der Waals surface area contributed by atoms with Crippen LogP contribution in [0.3, 0.4) is 0 Å². The van der Waals surface area contributed by atoms with Crippen molar-refractivity contribution < 1.29 is 8.42 Å². The van der Waals surface area contributed by atoms with Crippen molar-refractivity contribution in [1.29, 1.82) is 0 Å². The monoisotopic (exact) mass is 297 g/mol. The molecule has 7 heteroatoms. The molecule has 0 saturated carbocycles. The SMILES string of the molecule is CNCCCN(C)S(=O)(=O)N(C)C(C)CCSC. The van der Waals surface area contributed by atoms with E-state index in [9.17, 15) is 8.42 Å². The van der Waals surface area contributed by atoms with Crippen LogP contribution in [0.5, 0.6) is 0 Å². The molecule has 1 atom stereocenters. The average molecular weight is 297 g/mol. The van der Waals surface area contributed by atoms with Crippen LogP contribution in [0, 0.1) is 0 Å². The molecule has 18 heavy (non-hydrogen) atoms. The van der Waals surface area contributed by atoms with Gasteiger partial charge in [-0.05, 0) is 45.4 Å². The first kappa shape index (κ1) is 18.2. The summed E-state index contributed by atoms with van der Waals surface area (Å²) < 4.78 is 27.4. The highest BCUT2D eigenvalue weighted by Crippen LogP contribution is 2.13. The van der Waals surface area contributed by atoms with Crippen molar-refractivity contribution in [2.45, 2.75) is 25.8 Å². The van der Waals surface area contributed by atoms with E-state index < -0.39 is 10.2 Å². The lowest BCUT2D eigenvalue weighted by Crippen LogP contribution is -2.44. The Morgan fingerprint density at radius 1 is 1.33 bits per heavy atom.